The second-order valence-corrected chi connectivity index (χ2v) is 8.78. The van der Waals surface area contributed by atoms with E-state index >= 15 is 0 Å². The molecule has 5 heteroatoms. The summed E-state index contributed by atoms with van der Waals surface area (Å²) >= 11 is 0. The summed E-state index contributed by atoms with van der Waals surface area (Å²) in [5.74, 6) is 0.916. The Morgan fingerprint density at radius 3 is 2.12 bits per heavy atom. The third kappa shape index (κ3) is 8.52. The van der Waals surface area contributed by atoms with Crippen LogP contribution in [-0.4, -0.2) is 40.4 Å². The molecule has 0 aromatic heterocycles. The summed E-state index contributed by atoms with van der Waals surface area (Å²) in [6, 6.07) is -0.995. The van der Waals surface area contributed by atoms with Crippen molar-refractivity contribution < 1.29 is 15.0 Å². The molecule has 0 saturated heterocycles. The molecule has 1 amide bonds. The van der Waals surface area contributed by atoms with Crippen LogP contribution in [0.1, 0.15) is 79.1 Å². The van der Waals surface area contributed by atoms with Gasteiger partial charge >= 0.3 is 0 Å². The van der Waals surface area contributed by atoms with E-state index in [1.807, 2.05) is 27.7 Å². The normalized spacial score (nSPS) is 21.2. The van der Waals surface area contributed by atoms with Gasteiger partial charge in [0, 0.05) is 0 Å². The van der Waals surface area contributed by atoms with Gasteiger partial charge in [-0.25, -0.2) is 0 Å². The Bertz CT molecular complexity index is 381. The molecule has 1 fully saturated rings. The Morgan fingerprint density at radius 2 is 1.60 bits per heavy atom. The molecule has 1 saturated carbocycles. The van der Waals surface area contributed by atoms with Gasteiger partial charge in [0.25, 0.3) is 0 Å². The van der Waals surface area contributed by atoms with E-state index in [4.69, 9.17) is 5.73 Å². The van der Waals surface area contributed by atoms with Crippen LogP contribution in [0.4, 0.5) is 0 Å². The molecule has 4 atom stereocenters. The van der Waals surface area contributed by atoms with Gasteiger partial charge < -0.3 is 21.3 Å². The Labute approximate surface area is 153 Å². The van der Waals surface area contributed by atoms with Crippen LogP contribution in [-0.2, 0) is 4.79 Å². The number of rotatable bonds is 10. The highest BCUT2D eigenvalue weighted by Gasteiger charge is 2.32. The van der Waals surface area contributed by atoms with E-state index in [1.54, 1.807) is 0 Å². The van der Waals surface area contributed by atoms with E-state index in [1.165, 1.54) is 19.3 Å². The standard InChI is InChI=1S/C20H40N2O3/c1-13(2)10-16(21)20(25)22-17(12-15-8-6-5-7-9-15)19(24)18(23)11-14(3)4/h13-19,23-24H,5-12,21H2,1-4H3,(H,22,25)/t16-,17-,18-,19+/m0/s1. The molecule has 0 bridgehead atoms. The topological polar surface area (TPSA) is 95.6 Å². The maximum atomic E-state index is 12.5. The second kappa shape index (κ2) is 11.1. The van der Waals surface area contributed by atoms with Crippen molar-refractivity contribution >= 4 is 5.91 Å². The Balaban J connectivity index is 2.73. The van der Waals surface area contributed by atoms with E-state index in [0.29, 0.717) is 30.6 Å². The number of carbonyl (C=O) groups is 1. The largest absolute Gasteiger partial charge is 0.390 e. The summed E-state index contributed by atoms with van der Waals surface area (Å²) in [6.45, 7) is 8.11. The predicted molar refractivity (Wildman–Crippen MR) is 102 cm³/mol. The minimum atomic E-state index is -0.945. The first-order chi connectivity index (χ1) is 11.7. The van der Waals surface area contributed by atoms with Crippen LogP contribution in [0.25, 0.3) is 0 Å². The number of amides is 1. The highest BCUT2D eigenvalue weighted by molar-refractivity contribution is 5.81. The van der Waals surface area contributed by atoms with Gasteiger partial charge in [-0.2, -0.15) is 0 Å². The average Bonchev–Trinajstić information content (AvgIpc) is 2.53. The van der Waals surface area contributed by atoms with Crippen molar-refractivity contribution in [3.63, 3.8) is 0 Å². The van der Waals surface area contributed by atoms with Crippen LogP contribution in [0, 0.1) is 17.8 Å². The average molecular weight is 357 g/mol. The van der Waals surface area contributed by atoms with Gasteiger partial charge in [0.15, 0.2) is 0 Å². The van der Waals surface area contributed by atoms with Crippen molar-refractivity contribution in [3.8, 4) is 0 Å². The Morgan fingerprint density at radius 1 is 1.04 bits per heavy atom. The number of nitrogens with one attached hydrogen (secondary N) is 1. The lowest BCUT2D eigenvalue weighted by Crippen LogP contribution is -2.53. The van der Waals surface area contributed by atoms with E-state index in [9.17, 15) is 15.0 Å². The molecule has 0 spiro atoms. The maximum Gasteiger partial charge on any atom is 0.237 e. The third-order valence-corrected chi connectivity index (χ3v) is 5.22. The zero-order chi connectivity index (χ0) is 19.0. The number of aliphatic hydroxyl groups is 2. The molecular formula is C20H40N2O3. The van der Waals surface area contributed by atoms with Crippen LogP contribution in [0.3, 0.4) is 0 Å². The number of carbonyl (C=O) groups excluding carboxylic acids is 1. The molecule has 5 nitrogen and oxygen atoms in total. The van der Waals surface area contributed by atoms with Crippen LogP contribution in [0.5, 0.6) is 0 Å². The molecule has 1 aliphatic carbocycles. The fourth-order valence-corrected chi connectivity index (χ4v) is 3.86. The highest BCUT2D eigenvalue weighted by Crippen LogP contribution is 2.29. The zero-order valence-corrected chi connectivity index (χ0v) is 16.6. The summed E-state index contributed by atoms with van der Waals surface area (Å²) in [5.41, 5.74) is 6.00. The van der Waals surface area contributed by atoms with Crippen molar-refractivity contribution in [2.45, 2.75) is 103 Å². The number of nitrogens with two attached hydrogens (primary N) is 1. The minimum absolute atomic E-state index is 0.217. The first-order valence-electron chi connectivity index (χ1n) is 10.1. The number of aliphatic hydroxyl groups excluding tert-OH is 2. The van der Waals surface area contributed by atoms with Crippen LogP contribution >= 0.6 is 0 Å². The number of hydrogen-bond donors (Lipinski definition) is 4. The third-order valence-electron chi connectivity index (χ3n) is 5.22. The molecule has 1 rings (SSSR count). The quantitative estimate of drug-likeness (QED) is 0.484. The maximum absolute atomic E-state index is 12.5. The highest BCUT2D eigenvalue weighted by atomic mass is 16.3. The molecule has 1 aliphatic rings. The SMILES string of the molecule is CC(C)C[C@H](N)C(=O)N[C@@H](CC1CCCCC1)[C@@H](O)[C@@H](O)CC(C)C. The van der Waals surface area contributed by atoms with Gasteiger partial charge in [-0.1, -0.05) is 59.8 Å². The second-order valence-electron chi connectivity index (χ2n) is 8.78. The van der Waals surface area contributed by atoms with Crippen molar-refractivity contribution in [1.29, 1.82) is 0 Å². The van der Waals surface area contributed by atoms with E-state index in [2.05, 4.69) is 5.32 Å². The van der Waals surface area contributed by atoms with E-state index in [-0.39, 0.29) is 5.91 Å². The molecule has 0 radical (unpaired) electrons. The van der Waals surface area contributed by atoms with Crippen molar-refractivity contribution in [1.82, 2.24) is 5.32 Å². The lowest BCUT2D eigenvalue weighted by atomic mass is 9.82. The first kappa shape index (κ1) is 22.4. The molecule has 25 heavy (non-hydrogen) atoms. The van der Waals surface area contributed by atoms with Crippen molar-refractivity contribution in [2.24, 2.45) is 23.5 Å². The molecule has 148 valence electrons. The molecule has 5 N–H and O–H groups in total. The van der Waals surface area contributed by atoms with Gasteiger partial charge in [0.1, 0.15) is 6.10 Å². The summed E-state index contributed by atoms with van der Waals surface area (Å²) in [4.78, 5) is 12.5. The monoisotopic (exact) mass is 356 g/mol. The first-order valence-corrected chi connectivity index (χ1v) is 10.1. The summed E-state index contributed by atoms with van der Waals surface area (Å²) < 4.78 is 0. The summed E-state index contributed by atoms with van der Waals surface area (Å²) in [7, 11) is 0. The Hall–Kier alpha value is -0.650. The molecule has 0 aromatic rings. The summed E-state index contributed by atoms with van der Waals surface area (Å²) in [6.07, 6.45) is 6.06. The molecule has 0 heterocycles. The summed E-state index contributed by atoms with van der Waals surface area (Å²) in [5, 5.41) is 24.0. The van der Waals surface area contributed by atoms with Crippen LogP contribution < -0.4 is 11.1 Å². The van der Waals surface area contributed by atoms with Gasteiger partial charge in [-0.3, -0.25) is 4.79 Å². The van der Waals surface area contributed by atoms with Gasteiger partial charge in [-0.05, 0) is 37.0 Å². The van der Waals surface area contributed by atoms with Gasteiger partial charge in [0.2, 0.25) is 5.91 Å². The lowest BCUT2D eigenvalue weighted by Gasteiger charge is -2.33. The van der Waals surface area contributed by atoms with Crippen LogP contribution in [0.15, 0.2) is 0 Å². The molecule has 0 unspecified atom stereocenters. The van der Waals surface area contributed by atoms with Gasteiger partial charge in [0.05, 0.1) is 18.2 Å². The van der Waals surface area contributed by atoms with Crippen molar-refractivity contribution in [3.05, 3.63) is 0 Å². The van der Waals surface area contributed by atoms with E-state index < -0.39 is 24.3 Å². The Kier molecular flexibility index (Phi) is 9.98. The smallest absolute Gasteiger partial charge is 0.237 e. The predicted octanol–water partition coefficient (Wildman–Crippen LogP) is 2.58. The van der Waals surface area contributed by atoms with Gasteiger partial charge in [-0.15, -0.1) is 0 Å². The fraction of sp³-hybridized carbons (Fsp3) is 0.950. The molecule has 0 aromatic carbocycles. The fourth-order valence-electron chi connectivity index (χ4n) is 3.86. The number of hydrogen-bond acceptors (Lipinski definition) is 4. The minimum Gasteiger partial charge on any atom is -0.390 e. The van der Waals surface area contributed by atoms with E-state index in [0.717, 1.165) is 19.3 Å². The molecule has 0 aliphatic heterocycles. The lowest BCUT2D eigenvalue weighted by molar-refractivity contribution is -0.125. The molecular weight excluding hydrogens is 316 g/mol. The zero-order valence-electron chi connectivity index (χ0n) is 16.6. The van der Waals surface area contributed by atoms with Crippen LogP contribution in [0.2, 0.25) is 0 Å². The van der Waals surface area contributed by atoms with Crippen molar-refractivity contribution in [2.75, 3.05) is 0 Å².